The van der Waals surface area contributed by atoms with Gasteiger partial charge in [0.1, 0.15) is 0 Å². The molecule has 0 atom stereocenters. The third kappa shape index (κ3) is 3.00. The molecule has 84 valence electrons. The summed E-state index contributed by atoms with van der Waals surface area (Å²) in [6.07, 6.45) is 2.35. The molecule has 0 spiro atoms. The molecule has 0 fully saturated rings. The summed E-state index contributed by atoms with van der Waals surface area (Å²) < 4.78 is 1.22. The number of nitrogen functional groups attached to an aromatic ring is 1. The third-order valence-electron chi connectivity index (χ3n) is 2.84. The first kappa shape index (κ1) is 12.6. The van der Waals surface area contributed by atoms with Gasteiger partial charge in [0, 0.05) is 22.3 Å². The summed E-state index contributed by atoms with van der Waals surface area (Å²) >= 11 is 2.35. The fourth-order valence-corrected chi connectivity index (χ4v) is 2.76. The molecule has 1 aromatic carbocycles. The molecule has 2 N–H and O–H groups in total. The van der Waals surface area contributed by atoms with Crippen LogP contribution in [-0.2, 0) is 0 Å². The van der Waals surface area contributed by atoms with E-state index in [4.69, 9.17) is 5.73 Å². The third-order valence-corrected chi connectivity index (χ3v) is 3.71. The smallest absolute Gasteiger partial charge is 0.0503 e. The number of hydrogen-bond acceptors (Lipinski definition) is 2. The second-order valence-corrected chi connectivity index (χ2v) is 4.95. The molecule has 0 radical (unpaired) electrons. The Hall–Kier alpha value is -0.450. The van der Waals surface area contributed by atoms with Crippen molar-refractivity contribution >= 4 is 34.0 Å². The highest BCUT2D eigenvalue weighted by Crippen LogP contribution is 2.26. The minimum atomic E-state index is 0.613. The molecule has 0 bridgehead atoms. The molecular formula is C12H19IN2. The van der Waals surface area contributed by atoms with Crippen LogP contribution >= 0.6 is 22.6 Å². The standard InChI is InChI=1S/C12H19IN2/c1-4-10(5-2)15(3)12-7-6-9(14)8-11(12)13/h6-8,10H,4-5,14H2,1-3H3. The number of nitrogens with two attached hydrogens (primary N) is 1. The van der Waals surface area contributed by atoms with E-state index in [2.05, 4.69) is 54.5 Å². The number of benzene rings is 1. The molecule has 0 heterocycles. The molecule has 0 aromatic heterocycles. The van der Waals surface area contributed by atoms with Gasteiger partial charge >= 0.3 is 0 Å². The number of nitrogens with zero attached hydrogens (tertiary/aromatic N) is 1. The first-order valence-electron chi connectivity index (χ1n) is 5.38. The lowest BCUT2D eigenvalue weighted by molar-refractivity contribution is 0.591. The average molecular weight is 318 g/mol. The van der Waals surface area contributed by atoms with Crippen LogP contribution in [0.15, 0.2) is 18.2 Å². The second-order valence-electron chi connectivity index (χ2n) is 3.79. The molecule has 15 heavy (non-hydrogen) atoms. The van der Waals surface area contributed by atoms with Crippen LogP contribution in [0, 0.1) is 3.57 Å². The summed E-state index contributed by atoms with van der Waals surface area (Å²) in [5.74, 6) is 0. The normalized spacial score (nSPS) is 10.7. The van der Waals surface area contributed by atoms with Crippen molar-refractivity contribution in [3.8, 4) is 0 Å². The van der Waals surface area contributed by atoms with Gasteiger partial charge in [0.05, 0.1) is 5.69 Å². The Morgan fingerprint density at radius 2 is 1.93 bits per heavy atom. The van der Waals surface area contributed by atoms with Crippen LogP contribution in [0.3, 0.4) is 0 Å². The van der Waals surface area contributed by atoms with Crippen LogP contribution in [-0.4, -0.2) is 13.1 Å². The molecule has 0 saturated carbocycles. The summed E-state index contributed by atoms with van der Waals surface area (Å²) in [5, 5.41) is 0. The molecule has 2 nitrogen and oxygen atoms in total. The molecule has 0 aliphatic rings. The first-order chi connectivity index (χ1) is 7.10. The van der Waals surface area contributed by atoms with E-state index < -0.39 is 0 Å². The molecule has 3 heteroatoms. The summed E-state index contributed by atoms with van der Waals surface area (Å²) in [7, 11) is 2.16. The Balaban J connectivity index is 2.94. The molecule has 0 unspecified atom stereocenters. The summed E-state index contributed by atoms with van der Waals surface area (Å²) in [4.78, 5) is 2.35. The van der Waals surface area contributed by atoms with Crippen LogP contribution in [0.2, 0.25) is 0 Å². The van der Waals surface area contributed by atoms with Crippen LogP contribution < -0.4 is 10.6 Å². The van der Waals surface area contributed by atoms with Gasteiger partial charge < -0.3 is 10.6 Å². The summed E-state index contributed by atoms with van der Waals surface area (Å²) in [6, 6.07) is 6.71. The molecule has 0 amide bonds. The number of hydrogen-bond donors (Lipinski definition) is 1. The lowest BCUT2D eigenvalue weighted by Crippen LogP contribution is -2.30. The van der Waals surface area contributed by atoms with E-state index in [0.717, 1.165) is 5.69 Å². The minimum Gasteiger partial charge on any atom is -0.399 e. The van der Waals surface area contributed by atoms with Crippen molar-refractivity contribution in [2.75, 3.05) is 17.7 Å². The Bertz CT molecular complexity index is 321. The maximum Gasteiger partial charge on any atom is 0.0503 e. The second kappa shape index (κ2) is 5.58. The van der Waals surface area contributed by atoms with Crippen LogP contribution in [0.1, 0.15) is 26.7 Å². The fourth-order valence-electron chi connectivity index (χ4n) is 1.84. The van der Waals surface area contributed by atoms with Crippen molar-refractivity contribution in [1.82, 2.24) is 0 Å². The predicted molar refractivity (Wildman–Crippen MR) is 76.3 cm³/mol. The lowest BCUT2D eigenvalue weighted by atomic mass is 10.1. The average Bonchev–Trinajstić information content (AvgIpc) is 2.19. The van der Waals surface area contributed by atoms with E-state index in [1.54, 1.807) is 0 Å². The van der Waals surface area contributed by atoms with Crippen LogP contribution in [0.5, 0.6) is 0 Å². The van der Waals surface area contributed by atoms with E-state index in [-0.39, 0.29) is 0 Å². The highest BCUT2D eigenvalue weighted by molar-refractivity contribution is 14.1. The quantitative estimate of drug-likeness (QED) is 0.680. The van der Waals surface area contributed by atoms with Gasteiger partial charge in [-0.1, -0.05) is 13.8 Å². The van der Waals surface area contributed by atoms with Crippen molar-refractivity contribution in [3.05, 3.63) is 21.8 Å². The summed E-state index contributed by atoms with van der Waals surface area (Å²) in [6.45, 7) is 4.46. The number of anilines is 2. The SMILES string of the molecule is CCC(CC)N(C)c1ccc(N)cc1I. The highest BCUT2D eigenvalue weighted by Gasteiger charge is 2.13. The lowest BCUT2D eigenvalue weighted by Gasteiger charge is -2.29. The van der Waals surface area contributed by atoms with Crippen LogP contribution in [0.4, 0.5) is 11.4 Å². The van der Waals surface area contributed by atoms with Crippen molar-refractivity contribution < 1.29 is 0 Å². The van der Waals surface area contributed by atoms with Crippen molar-refractivity contribution in [1.29, 1.82) is 0 Å². The van der Waals surface area contributed by atoms with E-state index >= 15 is 0 Å². The molecule has 0 aliphatic heterocycles. The van der Waals surface area contributed by atoms with E-state index in [1.165, 1.54) is 22.1 Å². The minimum absolute atomic E-state index is 0.613. The highest BCUT2D eigenvalue weighted by atomic mass is 127. The molecule has 0 aliphatic carbocycles. The Labute approximate surface area is 106 Å². The van der Waals surface area contributed by atoms with Crippen LogP contribution in [0.25, 0.3) is 0 Å². The van der Waals surface area contributed by atoms with Crippen molar-refractivity contribution in [2.45, 2.75) is 32.7 Å². The Morgan fingerprint density at radius 3 is 2.40 bits per heavy atom. The largest absolute Gasteiger partial charge is 0.399 e. The number of halogens is 1. The molecular weight excluding hydrogens is 299 g/mol. The molecule has 1 aromatic rings. The predicted octanol–water partition coefficient (Wildman–Crippen LogP) is 3.50. The van der Waals surface area contributed by atoms with Gasteiger partial charge in [0.15, 0.2) is 0 Å². The maximum atomic E-state index is 5.75. The van der Waals surface area contributed by atoms with Gasteiger partial charge in [0.25, 0.3) is 0 Å². The van der Waals surface area contributed by atoms with Gasteiger partial charge in [-0.05, 0) is 53.6 Å². The van der Waals surface area contributed by atoms with Gasteiger partial charge in [-0.3, -0.25) is 0 Å². The molecule has 0 saturated heterocycles. The monoisotopic (exact) mass is 318 g/mol. The molecule has 1 rings (SSSR count). The fraction of sp³-hybridized carbons (Fsp3) is 0.500. The van der Waals surface area contributed by atoms with E-state index in [0.29, 0.717) is 6.04 Å². The van der Waals surface area contributed by atoms with Gasteiger partial charge in [-0.15, -0.1) is 0 Å². The topological polar surface area (TPSA) is 29.3 Å². The Kier molecular flexibility index (Phi) is 4.70. The maximum absolute atomic E-state index is 5.75. The van der Waals surface area contributed by atoms with Crippen molar-refractivity contribution in [2.24, 2.45) is 0 Å². The first-order valence-corrected chi connectivity index (χ1v) is 6.45. The zero-order valence-corrected chi connectivity index (χ0v) is 11.8. The Morgan fingerprint density at radius 1 is 1.33 bits per heavy atom. The summed E-state index contributed by atoms with van der Waals surface area (Å²) in [5.41, 5.74) is 7.86. The van der Waals surface area contributed by atoms with Gasteiger partial charge in [0.2, 0.25) is 0 Å². The number of rotatable bonds is 4. The van der Waals surface area contributed by atoms with Gasteiger partial charge in [-0.25, -0.2) is 0 Å². The van der Waals surface area contributed by atoms with E-state index in [9.17, 15) is 0 Å². The zero-order chi connectivity index (χ0) is 11.4. The van der Waals surface area contributed by atoms with E-state index in [1.807, 2.05) is 12.1 Å². The zero-order valence-electron chi connectivity index (χ0n) is 9.63. The van der Waals surface area contributed by atoms with Gasteiger partial charge in [-0.2, -0.15) is 0 Å². The van der Waals surface area contributed by atoms with Crippen molar-refractivity contribution in [3.63, 3.8) is 0 Å².